The van der Waals surface area contributed by atoms with Gasteiger partial charge in [-0.3, -0.25) is 4.79 Å². The van der Waals surface area contributed by atoms with Crippen molar-refractivity contribution in [1.82, 2.24) is 9.88 Å². The van der Waals surface area contributed by atoms with Crippen LogP contribution in [0.1, 0.15) is 23.0 Å². The third-order valence-electron chi connectivity index (χ3n) is 4.52. The molecule has 1 saturated heterocycles. The first-order chi connectivity index (χ1) is 13.4. The summed E-state index contributed by atoms with van der Waals surface area (Å²) >= 11 is 12.4. The number of morpholine rings is 1. The van der Waals surface area contributed by atoms with Gasteiger partial charge in [0, 0.05) is 29.2 Å². The van der Waals surface area contributed by atoms with Gasteiger partial charge in [0.15, 0.2) is 0 Å². The lowest BCUT2D eigenvalue weighted by Crippen LogP contribution is -2.40. The Balaban J connectivity index is 2.09. The fourth-order valence-corrected chi connectivity index (χ4v) is 3.34. The molecule has 146 valence electrons. The molecular formula is C21H21Cl2N3O2. The molecule has 0 spiro atoms. The summed E-state index contributed by atoms with van der Waals surface area (Å²) in [5.41, 5.74) is 8.53. The monoisotopic (exact) mass is 417 g/mol. The van der Waals surface area contributed by atoms with Crippen molar-refractivity contribution in [2.24, 2.45) is 5.73 Å². The Bertz CT molecular complexity index is 993. The topological polar surface area (TPSA) is 68.5 Å². The molecule has 2 aromatic rings. The van der Waals surface area contributed by atoms with Crippen LogP contribution in [0.4, 0.5) is 0 Å². The van der Waals surface area contributed by atoms with Gasteiger partial charge in [-0.25, -0.2) is 4.98 Å². The number of aromatic nitrogens is 1. The van der Waals surface area contributed by atoms with Crippen molar-refractivity contribution >= 4 is 45.6 Å². The highest BCUT2D eigenvalue weighted by molar-refractivity contribution is 6.32. The number of nitrogens with two attached hydrogens (primary N) is 1. The molecule has 0 atom stereocenters. The molecule has 5 nitrogen and oxygen atoms in total. The van der Waals surface area contributed by atoms with Crippen LogP contribution in [0.25, 0.3) is 16.5 Å². The predicted molar refractivity (Wildman–Crippen MR) is 114 cm³/mol. The normalized spacial score (nSPS) is 15.8. The Morgan fingerprint density at radius 1 is 1.32 bits per heavy atom. The maximum Gasteiger partial charge on any atom is 0.254 e. The van der Waals surface area contributed by atoms with Crippen molar-refractivity contribution in [2.75, 3.05) is 26.3 Å². The molecule has 0 radical (unpaired) electrons. The number of benzene rings is 1. The zero-order valence-corrected chi connectivity index (χ0v) is 17.1. The van der Waals surface area contributed by atoms with Gasteiger partial charge in [0.25, 0.3) is 5.91 Å². The summed E-state index contributed by atoms with van der Waals surface area (Å²) in [6, 6.07) is 7.03. The van der Waals surface area contributed by atoms with E-state index in [1.807, 2.05) is 6.07 Å². The average molecular weight is 418 g/mol. The summed E-state index contributed by atoms with van der Waals surface area (Å²) in [5.74, 6) is -0.0740. The Kier molecular flexibility index (Phi) is 6.39. The van der Waals surface area contributed by atoms with Crippen molar-refractivity contribution in [3.63, 3.8) is 0 Å². The lowest BCUT2D eigenvalue weighted by atomic mass is 10.0. The average Bonchev–Trinajstić information content (AvgIpc) is 2.71. The van der Waals surface area contributed by atoms with Crippen LogP contribution in [0.15, 0.2) is 53.7 Å². The van der Waals surface area contributed by atoms with Crippen LogP contribution in [0.5, 0.6) is 0 Å². The van der Waals surface area contributed by atoms with E-state index in [0.717, 1.165) is 5.39 Å². The van der Waals surface area contributed by atoms with Crippen molar-refractivity contribution in [3.8, 4) is 0 Å². The van der Waals surface area contributed by atoms with Gasteiger partial charge >= 0.3 is 0 Å². The molecule has 1 amide bonds. The minimum Gasteiger partial charge on any atom is -0.398 e. The van der Waals surface area contributed by atoms with Crippen molar-refractivity contribution in [2.45, 2.75) is 6.92 Å². The molecule has 0 aliphatic carbocycles. The highest BCUT2D eigenvalue weighted by Gasteiger charge is 2.22. The molecule has 2 heterocycles. The molecule has 0 saturated carbocycles. The quantitative estimate of drug-likeness (QED) is 0.750. The van der Waals surface area contributed by atoms with Crippen LogP contribution in [-0.4, -0.2) is 42.1 Å². The zero-order valence-electron chi connectivity index (χ0n) is 15.5. The summed E-state index contributed by atoms with van der Waals surface area (Å²) < 4.78 is 5.35. The van der Waals surface area contributed by atoms with Gasteiger partial charge in [-0.05, 0) is 36.8 Å². The van der Waals surface area contributed by atoms with Gasteiger partial charge in [-0.15, -0.1) is 0 Å². The van der Waals surface area contributed by atoms with Gasteiger partial charge in [-0.2, -0.15) is 0 Å². The molecule has 1 fully saturated rings. The van der Waals surface area contributed by atoms with Crippen LogP contribution >= 0.6 is 23.2 Å². The first kappa shape index (κ1) is 20.4. The number of nitrogens with zero attached hydrogens (tertiary/aromatic N) is 2. The first-order valence-corrected chi connectivity index (χ1v) is 9.62. The molecule has 0 unspecified atom stereocenters. The number of fused-ring (bicyclic) bond motifs is 1. The molecule has 7 heteroatoms. The Morgan fingerprint density at radius 2 is 2.04 bits per heavy atom. The summed E-state index contributed by atoms with van der Waals surface area (Å²) in [6.45, 7) is 8.00. The highest BCUT2D eigenvalue weighted by atomic mass is 35.5. The second kappa shape index (κ2) is 8.78. The number of allylic oxidation sites excluding steroid dienone is 4. The van der Waals surface area contributed by atoms with E-state index in [1.165, 1.54) is 0 Å². The summed E-state index contributed by atoms with van der Waals surface area (Å²) in [5, 5.41) is 1.64. The van der Waals surface area contributed by atoms with E-state index in [2.05, 4.69) is 11.6 Å². The molecule has 3 rings (SSSR count). The van der Waals surface area contributed by atoms with E-state index in [-0.39, 0.29) is 5.91 Å². The van der Waals surface area contributed by atoms with Crippen LogP contribution in [0.2, 0.25) is 5.02 Å². The van der Waals surface area contributed by atoms with Gasteiger partial charge in [0.2, 0.25) is 0 Å². The third kappa shape index (κ3) is 4.38. The van der Waals surface area contributed by atoms with E-state index >= 15 is 0 Å². The van der Waals surface area contributed by atoms with Gasteiger partial charge < -0.3 is 15.4 Å². The maximum atomic E-state index is 13.2. The number of hydrogen-bond donors (Lipinski definition) is 1. The van der Waals surface area contributed by atoms with Crippen LogP contribution in [0.3, 0.4) is 0 Å². The summed E-state index contributed by atoms with van der Waals surface area (Å²) in [6.07, 6.45) is 3.34. The minimum absolute atomic E-state index is 0.0740. The summed E-state index contributed by atoms with van der Waals surface area (Å²) in [4.78, 5) is 19.6. The number of hydrogen-bond acceptors (Lipinski definition) is 4. The molecule has 1 aliphatic rings. The van der Waals surface area contributed by atoms with E-state index in [9.17, 15) is 4.79 Å². The highest BCUT2D eigenvalue weighted by Crippen LogP contribution is 2.27. The Labute approximate surface area is 174 Å². The maximum absolute atomic E-state index is 13.2. The van der Waals surface area contributed by atoms with Crippen molar-refractivity contribution < 1.29 is 9.53 Å². The molecule has 1 aliphatic heterocycles. The largest absolute Gasteiger partial charge is 0.398 e. The molecule has 1 aromatic heterocycles. The van der Waals surface area contributed by atoms with Gasteiger partial charge in [0.05, 0.1) is 35.0 Å². The molecule has 0 bridgehead atoms. The van der Waals surface area contributed by atoms with E-state index in [0.29, 0.717) is 64.4 Å². The second-order valence-electron chi connectivity index (χ2n) is 6.38. The minimum atomic E-state index is -0.0740. The standard InChI is InChI=1S/C21H21Cl2N3O2/c1-3-18(24)17(23)10-13(2)19-12-16(21(27)26-6-8-28-9-7-26)15-5-4-14(22)11-20(15)25-19/h3-5,10-12H,2,6-9,24H2,1H3/b17-10+,18-3+. The van der Waals surface area contributed by atoms with Gasteiger partial charge in [-0.1, -0.05) is 41.9 Å². The van der Waals surface area contributed by atoms with Crippen LogP contribution in [0, 0.1) is 0 Å². The van der Waals surface area contributed by atoms with Crippen molar-refractivity contribution in [3.05, 3.63) is 70.0 Å². The molecule has 28 heavy (non-hydrogen) atoms. The zero-order chi connectivity index (χ0) is 20.3. The van der Waals surface area contributed by atoms with Gasteiger partial charge in [0.1, 0.15) is 0 Å². The fraction of sp³-hybridized carbons (Fsp3) is 0.238. The number of amides is 1. The summed E-state index contributed by atoms with van der Waals surface area (Å²) in [7, 11) is 0. The molecular weight excluding hydrogens is 397 g/mol. The van der Waals surface area contributed by atoms with Crippen molar-refractivity contribution in [1.29, 1.82) is 0 Å². The first-order valence-electron chi connectivity index (χ1n) is 8.86. The van der Waals surface area contributed by atoms with Crippen LogP contribution in [-0.2, 0) is 4.74 Å². The fourth-order valence-electron chi connectivity index (χ4n) is 2.93. The number of carbonyl (C=O) groups is 1. The smallest absolute Gasteiger partial charge is 0.254 e. The Morgan fingerprint density at radius 3 is 2.71 bits per heavy atom. The van der Waals surface area contributed by atoms with E-state index < -0.39 is 0 Å². The molecule has 1 aromatic carbocycles. The van der Waals surface area contributed by atoms with E-state index in [1.54, 1.807) is 42.2 Å². The number of halogens is 2. The molecule has 2 N–H and O–H groups in total. The van der Waals surface area contributed by atoms with E-state index in [4.69, 9.17) is 33.7 Å². The van der Waals surface area contributed by atoms with Crippen LogP contribution < -0.4 is 5.73 Å². The predicted octanol–water partition coefficient (Wildman–Crippen LogP) is 4.36. The second-order valence-corrected chi connectivity index (χ2v) is 7.23. The number of ether oxygens (including phenoxy) is 1. The number of pyridine rings is 1. The third-order valence-corrected chi connectivity index (χ3v) is 5.08. The lowest BCUT2D eigenvalue weighted by molar-refractivity contribution is 0.0304. The number of rotatable bonds is 4. The lowest BCUT2D eigenvalue weighted by Gasteiger charge is -2.27. The number of carbonyl (C=O) groups excluding carboxylic acids is 1. The SMILES string of the molecule is C=C(/C=C(Cl)\C(N)=C/C)c1cc(C(=O)N2CCOCC2)c2ccc(Cl)cc2n1. The Hall–Kier alpha value is -2.34.